The quantitative estimate of drug-likeness (QED) is 0.859. The molecule has 1 saturated heterocycles. The van der Waals surface area contributed by atoms with Crippen LogP contribution in [0.25, 0.3) is 0 Å². The molecule has 0 amide bonds. The van der Waals surface area contributed by atoms with Gasteiger partial charge in [-0.25, -0.2) is 0 Å². The van der Waals surface area contributed by atoms with Crippen LogP contribution in [0.1, 0.15) is 43.9 Å². The molecule has 2 atom stereocenters. The van der Waals surface area contributed by atoms with Gasteiger partial charge in [-0.3, -0.25) is 4.90 Å². The van der Waals surface area contributed by atoms with E-state index in [0.717, 1.165) is 6.42 Å². The average molecular weight is 246 g/mol. The van der Waals surface area contributed by atoms with Gasteiger partial charge in [0, 0.05) is 12.1 Å². The highest BCUT2D eigenvalue weighted by atomic mass is 15.2. The van der Waals surface area contributed by atoms with Gasteiger partial charge in [0.2, 0.25) is 0 Å². The molecule has 1 aliphatic heterocycles. The van der Waals surface area contributed by atoms with Gasteiger partial charge >= 0.3 is 0 Å². The first-order valence-corrected chi connectivity index (χ1v) is 7.26. The molecule has 0 aliphatic carbocycles. The van der Waals surface area contributed by atoms with E-state index in [1.165, 1.54) is 37.1 Å². The van der Waals surface area contributed by atoms with Crippen molar-refractivity contribution in [3.05, 3.63) is 35.4 Å². The second-order valence-corrected chi connectivity index (χ2v) is 5.35. The maximum Gasteiger partial charge on any atom is 0.0473 e. The molecule has 2 heteroatoms. The van der Waals surface area contributed by atoms with E-state index in [2.05, 4.69) is 55.4 Å². The van der Waals surface area contributed by atoms with Crippen LogP contribution in [-0.2, 0) is 6.42 Å². The smallest absolute Gasteiger partial charge is 0.0473 e. The summed E-state index contributed by atoms with van der Waals surface area (Å²) in [7, 11) is 2.07. The van der Waals surface area contributed by atoms with Crippen molar-refractivity contribution in [2.75, 3.05) is 20.1 Å². The molecule has 2 rings (SSSR count). The van der Waals surface area contributed by atoms with E-state index in [1.807, 2.05) is 0 Å². The number of likely N-dealkylation sites (N-methyl/N-ethyl adjacent to an activating group) is 1. The number of hydrogen-bond acceptors (Lipinski definition) is 2. The standard InChI is InChI=1S/C16H26N2/c1-4-14-7-9-15(10-8-14)16(17-3)13(2)18-11-5-6-12-18/h7-10,13,16-17H,4-6,11-12H2,1-3H3. The number of nitrogens with one attached hydrogen (secondary N) is 1. The molecule has 0 aromatic heterocycles. The Kier molecular flexibility index (Phi) is 4.79. The summed E-state index contributed by atoms with van der Waals surface area (Å²) >= 11 is 0. The van der Waals surface area contributed by atoms with Crippen LogP contribution >= 0.6 is 0 Å². The second-order valence-electron chi connectivity index (χ2n) is 5.35. The van der Waals surface area contributed by atoms with Crippen LogP contribution in [0.15, 0.2) is 24.3 Å². The van der Waals surface area contributed by atoms with E-state index in [-0.39, 0.29) is 0 Å². The lowest BCUT2D eigenvalue weighted by atomic mass is 9.98. The molecule has 0 bridgehead atoms. The summed E-state index contributed by atoms with van der Waals surface area (Å²) in [6.45, 7) is 7.07. The average Bonchev–Trinajstić information content (AvgIpc) is 2.94. The minimum atomic E-state index is 0.439. The van der Waals surface area contributed by atoms with Crippen molar-refractivity contribution in [2.45, 2.75) is 45.2 Å². The fourth-order valence-electron chi connectivity index (χ4n) is 3.01. The van der Waals surface area contributed by atoms with Crippen molar-refractivity contribution in [1.29, 1.82) is 0 Å². The summed E-state index contributed by atoms with van der Waals surface area (Å²) in [4.78, 5) is 2.61. The predicted octanol–water partition coefficient (Wildman–Crippen LogP) is 2.99. The summed E-state index contributed by atoms with van der Waals surface area (Å²) in [6, 6.07) is 10.1. The highest BCUT2D eigenvalue weighted by Crippen LogP contribution is 2.24. The molecular weight excluding hydrogens is 220 g/mol. The van der Waals surface area contributed by atoms with Crippen molar-refractivity contribution in [2.24, 2.45) is 0 Å². The molecule has 1 fully saturated rings. The van der Waals surface area contributed by atoms with Gasteiger partial charge < -0.3 is 5.32 Å². The molecular formula is C16H26N2. The predicted molar refractivity (Wildman–Crippen MR) is 77.9 cm³/mol. The molecule has 2 unspecified atom stereocenters. The first-order valence-electron chi connectivity index (χ1n) is 7.26. The van der Waals surface area contributed by atoms with E-state index in [1.54, 1.807) is 0 Å². The Labute approximate surface area is 111 Å². The van der Waals surface area contributed by atoms with E-state index >= 15 is 0 Å². The van der Waals surface area contributed by atoms with Crippen molar-refractivity contribution in [3.8, 4) is 0 Å². The first kappa shape index (κ1) is 13.6. The van der Waals surface area contributed by atoms with Crippen molar-refractivity contribution in [3.63, 3.8) is 0 Å². The van der Waals surface area contributed by atoms with Crippen LogP contribution in [0.2, 0.25) is 0 Å². The molecule has 1 aliphatic rings. The van der Waals surface area contributed by atoms with Gasteiger partial charge in [-0.05, 0) is 57.5 Å². The van der Waals surface area contributed by atoms with Gasteiger partial charge in [-0.1, -0.05) is 31.2 Å². The van der Waals surface area contributed by atoms with Gasteiger partial charge in [-0.2, -0.15) is 0 Å². The molecule has 1 aromatic carbocycles. The monoisotopic (exact) mass is 246 g/mol. The Morgan fingerprint density at radius 1 is 1.17 bits per heavy atom. The minimum Gasteiger partial charge on any atom is -0.312 e. The third-order valence-corrected chi connectivity index (χ3v) is 4.26. The van der Waals surface area contributed by atoms with Crippen LogP contribution in [0.3, 0.4) is 0 Å². The molecule has 100 valence electrons. The van der Waals surface area contributed by atoms with E-state index in [4.69, 9.17) is 0 Å². The van der Waals surface area contributed by atoms with E-state index < -0.39 is 0 Å². The Morgan fingerprint density at radius 3 is 2.28 bits per heavy atom. The van der Waals surface area contributed by atoms with Crippen LogP contribution in [0, 0.1) is 0 Å². The summed E-state index contributed by atoms with van der Waals surface area (Å²) < 4.78 is 0. The van der Waals surface area contributed by atoms with Crippen LogP contribution < -0.4 is 5.32 Å². The number of aryl methyl sites for hydroxylation is 1. The molecule has 1 N–H and O–H groups in total. The zero-order valence-electron chi connectivity index (χ0n) is 11.9. The normalized spacial score (nSPS) is 19.9. The number of nitrogens with zero attached hydrogens (tertiary/aromatic N) is 1. The maximum absolute atomic E-state index is 3.49. The fourth-order valence-corrected chi connectivity index (χ4v) is 3.01. The van der Waals surface area contributed by atoms with Crippen molar-refractivity contribution < 1.29 is 0 Å². The number of rotatable bonds is 5. The third kappa shape index (κ3) is 2.93. The molecule has 0 spiro atoms. The van der Waals surface area contributed by atoms with E-state index in [0.29, 0.717) is 12.1 Å². The molecule has 0 saturated carbocycles. The Morgan fingerprint density at radius 2 is 1.78 bits per heavy atom. The number of likely N-dealkylation sites (tertiary alicyclic amines) is 1. The molecule has 18 heavy (non-hydrogen) atoms. The van der Waals surface area contributed by atoms with Crippen LogP contribution in [0.4, 0.5) is 0 Å². The second kappa shape index (κ2) is 6.35. The van der Waals surface area contributed by atoms with Gasteiger partial charge in [-0.15, -0.1) is 0 Å². The van der Waals surface area contributed by atoms with Crippen LogP contribution in [-0.4, -0.2) is 31.1 Å². The summed E-state index contributed by atoms with van der Waals surface area (Å²) in [5.74, 6) is 0. The Bertz CT molecular complexity index is 352. The highest BCUT2D eigenvalue weighted by Gasteiger charge is 2.25. The fraction of sp³-hybridized carbons (Fsp3) is 0.625. The topological polar surface area (TPSA) is 15.3 Å². The maximum atomic E-state index is 3.49. The molecule has 2 nitrogen and oxygen atoms in total. The summed E-state index contributed by atoms with van der Waals surface area (Å²) in [5, 5.41) is 3.49. The number of benzene rings is 1. The molecule has 1 aromatic rings. The summed E-state index contributed by atoms with van der Waals surface area (Å²) in [6.07, 6.45) is 3.83. The zero-order chi connectivity index (χ0) is 13.0. The molecule has 1 heterocycles. The summed E-state index contributed by atoms with van der Waals surface area (Å²) in [5.41, 5.74) is 2.83. The number of hydrogen-bond donors (Lipinski definition) is 1. The third-order valence-electron chi connectivity index (χ3n) is 4.26. The first-order chi connectivity index (χ1) is 8.76. The lowest BCUT2D eigenvalue weighted by molar-refractivity contribution is 0.212. The Hall–Kier alpha value is -0.860. The minimum absolute atomic E-state index is 0.439. The molecule has 0 radical (unpaired) electrons. The Balaban J connectivity index is 2.10. The lowest BCUT2D eigenvalue weighted by Crippen LogP contribution is -2.40. The van der Waals surface area contributed by atoms with Gasteiger partial charge in [0.25, 0.3) is 0 Å². The van der Waals surface area contributed by atoms with E-state index in [9.17, 15) is 0 Å². The highest BCUT2D eigenvalue weighted by molar-refractivity contribution is 5.26. The van der Waals surface area contributed by atoms with Crippen molar-refractivity contribution in [1.82, 2.24) is 10.2 Å². The largest absolute Gasteiger partial charge is 0.312 e. The zero-order valence-corrected chi connectivity index (χ0v) is 11.9. The van der Waals surface area contributed by atoms with Gasteiger partial charge in [0.1, 0.15) is 0 Å². The van der Waals surface area contributed by atoms with Gasteiger partial charge in [0.15, 0.2) is 0 Å². The SMILES string of the molecule is CCc1ccc(C(NC)C(C)N2CCCC2)cc1. The lowest BCUT2D eigenvalue weighted by Gasteiger charge is -2.32. The van der Waals surface area contributed by atoms with Gasteiger partial charge in [0.05, 0.1) is 0 Å². The van der Waals surface area contributed by atoms with Crippen LogP contribution in [0.5, 0.6) is 0 Å². The van der Waals surface area contributed by atoms with Crippen molar-refractivity contribution >= 4 is 0 Å².